The van der Waals surface area contributed by atoms with Crippen LogP contribution in [0, 0.1) is 0 Å². The van der Waals surface area contributed by atoms with Crippen molar-refractivity contribution < 1.29 is 0 Å². The summed E-state index contributed by atoms with van der Waals surface area (Å²) in [5.41, 5.74) is 10.00. The zero-order valence-electron chi connectivity index (χ0n) is 21.9. The van der Waals surface area contributed by atoms with Gasteiger partial charge >= 0.3 is 0 Å². The highest BCUT2D eigenvalue weighted by Gasteiger charge is 2.15. The van der Waals surface area contributed by atoms with Crippen LogP contribution in [0.15, 0.2) is 97.4 Å². The predicted molar refractivity (Wildman–Crippen MR) is 159 cm³/mol. The SMILES string of the molecule is C=C/C(=C\C(=C/C)c1ccc2[nH]nc(-c3cc4c(-c5ccncc5)cccc4[nH]3)c2c1)CN1CCCCC1. The summed E-state index contributed by atoms with van der Waals surface area (Å²) in [6, 6.07) is 19.2. The smallest absolute Gasteiger partial charge is 0.116 e. The number of hydrogen-bond donors (Lipinski definition) is 2. The van der Waals surface area contributed by atoms with Crippen molar-refractivity contribution in [3.8, 4) is 22.5 Å². The van der Waals surface area contributed by atoms with E-state index in [1.54, 1.807) is 0 Å². The van der Waals surface area contributed by atoms with E-state index in [9.17, 15) is 0 Å². The molecule has 0 amide bonds. The molecule has 6 rings (SSSR count). The molecule has 1 saturated heterocycles. The number of likely N-dealkylation sites (tertiary alicyclic amines) is 1. The lowest BCUT2D eigenvalue weighted by atomic mass is 9.99. The van der Waals surface area contributed by atoms with Crippen LogP contribution in [0.2, 0.25) is 0 Å². The summed E-state index contributed by atoms with van der Waals surface area (Å²) < 4.78 is 0. The molecule has 1 aliphatic heterocycles. The van der Waals surface area contributed by atoms with Gasteiger partial charge in [-0.1, -0.05) is 49.4 Å². The average Bonchev–Trinajstić information content (AvgIpc) is 3.60. The number of aromatic nitrogens is 4. The summed E-state index contributed by atoms with van der Waals surface area (Å²) >= 11 is 0. The summed E-state index contributed by atoms with van der Waals surface area (Å²) in [7, 11) is 0. The molecule has 0 atom stereocenters. The van der Waals surface area contributed by atoms with Crippen LogP contribution >= 0.6 is 0 Å². The molecule has 4 heterocycles. The van der Waals surface area contributed by atoms with Gasteiger partial charge < -0.3 is 4.98 Å². The van der Waals surface area contributed by atoms with Crippen molar-refractivity contribution in [1.82, 2.24) is 25.1 Å². The van der Waals surface area contributed by atoms with Gasteiger partial charge in [0.2, 0.25) is 0 Å². The van der Waals surface area contributed by atoms with E-state index in [0.29, 0.717) is 0 Å². The topological polar surface area (TPSA) is 60.6 Å². The van der Waals surface area contributed by atoms with Crippen LogP contribution < -0.4 is 0 Å². The molecule has 2 N–H and O–H groups in total. The summed E-state index contributed by atoms with van der Waals surface area (Å²) in [4.78, 5) is 10.3. The fourth-order valence-electron chi connectivity index (χ4n) is 5.54. The Hall–Kier alpha value is -4.22. The lowest BCUT2D eigenvalue weighted by molar-refractivity contribution is 0.248. The fraction of sp³-hybridized carbons (Fsp3) is 0.212. The van der Waals surface area contributed by atoms with E-state index < -0.39 is 0 Å². The Bertz CT molecular complexity index is 1650. The zero-order chi connectivity index (χ0) is 25.9. The van der Waals surface area contributed by atoms with Gasteiger partial charge in [0, 0.05) is 35.2 Å². The van der Waals surface area contributed by atoms with Crippen molar-refractivity contribution in [2.75, 3.05) is 19.6 Å². The Balaban J connectivity index is 1.36. The lowest BCUT2D eigenvalue weighted by Gasteiger charge is -2.26. The molecule has 0 aliphatic carbocycles. The molecule has 1 aliphatic rings. The Kier molecular flexibility index (Phi) is 6.76. The van der Waals surface area contributed by atoms with Gasteiger partial charge in [-0.15, -0.1) is 0 Å². The van der Waals surface area contributed by atoms with Crippen LogP contribution in [0.5, 0.6) is 0 Å². The van der Waals surface area contributed by atoms with Gasteiger partial charge in [0.15, 0.2) is 0 Å². The monoisotopic (exact) mass is 499 g/mol. The Morgan fingerprint density at radius 1 is 0.974 bits per heavy atom. The molecule has 0 radical (unpaired) electrons. The van der Waals surface area contributed by atoms with Gasteiger partial charge in [-0.2, -0.15) is 5.10 Å². The van der Waals surface area contributed by atoms with E-state index in [-0.39, 0.29) is 0 Å². The fourth-order valence-corrected chi connectivity index (χ4v) is 5.54. The maximum Gasteiger partial charge on any atom is 0.116 e. The third kappa shape index (κ3) is 4.73. The quantitative estimate of drug-likeness (QED) is 0.225. The Morgan fingerprint density at radius 3 is 2.61 bits per heavy atom. The summed E-state index contributed by atoms with van der Waals surface area (Å²) in [6.07, 6.45) is 14.1. The highest BCUT2D eigenvalue weighted by molar-refractivity contribution is 6.01. The lowest BCUT2D eigenvalue weighted by Crippen LogP contribution is -2.31. The van der Waals surface area contributed by atoms with Gasteiger partial charge in [0.05, 0.1) is 11.2 Å². The molecule has 0 bridgehead atoms. The number of nitrogens with one attached hydrogen (secondary N) is 2. The molecule has 0 unspecified atom stereocenters. The predicted octanol–water partition coefficient (Wildman–Crippen LogP) is 7.77. The molecule has 5 heteroatoms. The van der Waals surface area contributed by atoms with E-state index in [2.05, 4.69) is 88.1 Å². The molecule has 0 saturated carbocycles. The van der Waals surface area contributed by atoms with Crippen molar-refractivity contribution in [3.05, 3.63) is 103 Å². The number of hydrogen-bond acceptors (Lipinski definition) is 3. The van der Waals surface area contributed by atoms with Crippen molar-refractivity contribution in [2.45, 2.75) is 26.2 Å². The molecule has 38 heavy (non-hydrogen) atoms. The number of aromatic amines is 2. The maximum absolute atomic E-state index is 4.72. The van der Waals surface area contributed by atoms with Crippen LogP contribution in [-0.2, 0) is 0 Å². The molecular weight excluding hydrogens is 466 g/mol. The second-order valence-corrected chi connectivity index (χ2v) is 10.0. The first kappa shape index (κ1) is 24.1. The van der Waals surface area contributed by atoms with Gasteiger partial charge in [-0.25, -0.2) is 0 Å². The van der Waals surface area contributed by atoms with Crippen LogP contribution in [0.4, 0.5) is 0 Å². The molecule has 190 valence electrons. The summed E-state index contributed by atoms with van der Waals surface area (Å²) in [6.45, 7) is 9.51. The molecule has 2 aromatic carbocycles. The molecule has 3 aromatic heterocycles. The Labute approximate surface area is 223 Å². The number of piperidine rings is 1. The second kappa shape index (κ2) is 10.6. The van der Waals surface area contributed by atoms with Gasteiger partial charge in [0.1, 0.15) is 5.69 Å². The van der Waals surface area contributed by atoms with Crippen LogP contribution in [0.25, 0.3) is 49.9 Å². The number of rotatable bonds is 7. The number of H-pyrrole nitrogens is 2. The molecule has 1 fully saturated rings. The van der Waals surface area contributed by atoms with E-state index in [4.69, 9.17) is 5.10 Å². The number of benzene rings is 2. The largest absolute Gasteiger partial charge is 0.353 e. The number of pyridine rings is 1. The van der Waals surface area contributed by atoms with E-state index in [1.807, 2.05) is 30.6 Å². The Morgan fingerprint density at radius 2 is 1.82 bits per heavy atom. The van der Waals surface area contributed by atoms with Crippen molar-refractivity contribution in [1.29, 1.82) is 0 Å². The third-order valence-electron chi connectivity index (χ3n) is 7.58. The van der Waals surface area contributed by atoms with Gasteiger partial charge in [0.25, 0.3) is 0 Å². The third-order valence-corrected chi connectivity index (χ3v) is 7.58. The van der Waals surface area contributed by atoms with Crippen molar-refractivity contribution in [3.63, 3.8) is 0 Å². The van der Waals surface area contributed by atoms with E-state index in [1.165, 1.54) is 60.0 Å². The van der Waals surface area contributed by atoms with E-state index >= 15 is 0 Å². The molecular formula is C33H33N5. The first-order valence-corrected chi connectivity index (χ1v) is 13.5. The number of nitrogens with zero attached hydrogens (tertiary/aromatic N) is 3. The normalized spacial score (nSPS) is 15.4. The number of fused-ring (bicyclic) bond motifs is 2. The molecule has 5 aromatic rings. The minimum absolute atomic E-state index is 0.926. The van der Waals surface area contributed by atoms with E-state index in [0.717, 1.165) is 39.9 Å². The zero-order valence-corrected chi connectivity index (χ0v) is 21.9. The van der Waals surface area contributed by atoms with Crippen LogP contribution in [0.3, 0.4) is 0 Å². The minimum atomic E-state index is 0.926. The van der Waals surface area contributed by atoms with Crippen LogP contribution in [-0.4, -0.2) is 44.7 Å². The first-order chi connectivity index (χ1) is 18.7. The summed E-state index contributed by atoms with van der Waals surface area (Å²) in [5.74, 6) is 0. The maximum atomic E-state index is 4.72. The summed E-state index contributed by atoms with van der Waals surface area (Å²) in [5, 5.41) is 10.2. The molecule has 5 nitrogen and oxygen atoms in total. The standard InChI is InChI=1S/C33H33N5/c1-3-23(22-38-17-6-5-7-18-38)19-24(4-2)26-11-12-31-29(20-26)33(37-36-31)32-21-28-27(9-8-10-30(28)35-32)25-13-15-34-16-14-25/h3-4,8-16,19-21,35H,1,5-7,17-18,22H2,2H3,(H,36,37)/b23-19+,24-4+. The van der Waals surface area contributed by atoms with Crippen molar-refractivity contribution in [2.24, 2.45) is 0 Å². The first-order valence-electron chi connectivity index (χ1n) is 13.5. The highest BCUT2D eigenvalue weighted by atomic mass is 15.1. The van der Waals surface area contributed by atoms with Crippen LogP contribution in [0.1, 0.15) is 31.7 Å². The van der Waals surface area contributed by atoms with Gasteiger partial charge in [-0.05, 0) is 97.1 Å². The van der Waals surface area contributed by atoms with Crippen molar-refractivity contribution >= 4 is 27.4 Å². The second-order valence-electron chi connectivity index (χ2n) is 10.0. The highest BCUT2D eigenvalue weighted by Crippen LogP contribution is 2.35. The van der Waals surface area contributed by atoms with Gasteiger partial charge in [-0.3, -0.25) is 15.0 Å². The minimum Gasteiger partial charge on any atom is -0.353 e. The number of allylic oxidation sites excluding steroid dienone is 3. The molecule has 0 spiro atoms. The average molecular weight is 500 g/mol.